The van der Waals surface area contributed by atoms with E-state index in [0.717, 1.165) is 46.7 Å². The Kier molecular flexibility index (Phi) is 3.18. The first-order chi connectivity index (χ1) is 9.72. The number of carbonyl (C=O) groups is 1. The summed E-state index contributed by atoms with van der Waals surface area (Å²) in [7, 11) is 0. The van der Waals surface area contributed by atoms with Gasteiger partial charge in [0.05, 0.1) is 0 Å². The zero-order chi connectivity index (χ0) is 14.1. The molecule has 0 unspecified atom stereocenters. The fourth-order valence-corrected chi connectivity index (χ4v) is 2.69. The molecule has 0 saturated heterocycles. The Labute approximate surface area is 119 Å². The van der Waals surface area contributed by atoms with E-state index in [1.165, 1.54) is 0 Å². The van der Waals surface area contributed by atoms with Gasteiger partial charge in [-0.15, -0.1) is 0 Å². The van der Waals surface area contributed by atoms with Crippen molar-refractivity contribution in [3.63, 3.8) is 0 Å². The van der Waals surface area contributed by atoms with E-state index in [1.807, 2.05) is 13.0 Å². The highest BCUT2D eigenvalue weighted by Gasteiger charge is 2.26. The summed E-state index contributed by atoms with van der Waals surface area (Å²) in [4.78, 5) is 12.2. The molecule has 0 fully saturated rings. The lowest BCUT2D eigenvalue weighted by molar-refractivity contribution is -0.111. The van der Waals surface area contributed by atoms with Crippen LogP contribution in [0.5, 0.6) is 0 Å². The maximum atomic E-state index is 12.2. The number of benzene rings is 1. The Bertz CT molecular complexity index is 666. The average Bonchev–Trinajstić information content (AvgIpc) is 2.79. The van der Waals surface area contributed by atoms with Crippen molar-refractivity contribution in [1.29, 1.82) is 0 Å². The lowest BCUT2D eigenvalue weighted by Gasteiger charge is -2.14. The minimum absolute atomic E-state index is 0.0830. The highest BCUT2D eigenvalue weighted by atomic mass is 16.1. The molecule has 3 nitrogen and oxygen atoms in total. The minimum atomic E-state index is 0.0830. The van der Waals surface area contributed by atoms with Gasteiger partial charge >= 0.3 is 0 Å². The van der Waals surface area contributed by atoms with Gasteiger partial charge in [-0.05, 0) is 54.8 Å². The van der Waals surface area contributed by atoms with E-state index in [2.05, 4.69) is 41.8 Å². The van der Waals surface area contributed by atoms with Crippen LogP contribution < -0.4 is 10.6 Å². The molecule has 0 spiro atoms. The van der Waals surface area contributed by atoms with Crippen molar-refractivity contribution in [3.8, 4) is 0 Å². The van der Waals surface area contributed by atoms with Gasteiger partial charge in [0.2, 0.25) is 0 Å². The summed E-state index contributed by atoms with van der Waals surface area (Å²) >= 11 is 0. The summed E-state index contributed by atoms with van der Waals surface area (Å²) in [6.45, 7) is 5.80. The van der Waals surface area contributed by atoms with Gasteiger partial charge in [0.1, 0.15) is 0 Å². The van der Waals surface area contributed by atoms with Crippen molar-refractivity contribution in [1.82, 2.24) is 5.32 Å². The highest BCUT2D eigenvalue weighted by molar-refractivity contribution is 6.24. The predicted molar refractivity (Wildman–Crippen MR) is 83.3 cm³/mol. The fraction of sp³-hybridized carbons (Fsp3) is 0.235. The summed E-state index contributed by atoms with van der Waals surface area (Å²) in [6, 6.07) is 6.25. The Morgan fingerprint density at radius 1 is 0.950 bits per heavy atom. The van der Waals surface area contributed by atoms with Crippen molar-refractivity contribution in [2.75, 3.05) is 18.4 Å². The van der Waals surface area contributed by atoms with Crippen molar-refractivity contribution in [2.24, 2.45) is 0 Å². The first-order valence-corrected chi connectivity index (χ1v) is 7.05. The topological polar surface area (TPSA) is 41.1 Å². The average molecular weight is 266 g/mol. The third-order valence-corrected chi connectivity index (χ3v) is 3.55. The maximum Gasteiger partial charge on any atom is 0.188 e. The van der Waals surface area contributed by atoms with E-state index < -0.39 is 0 Å². The first-order valence-electron chi connectivity index (χ1n) is 7.05. The number of ketones is 1. The zero-order valence-electron chi connectivity index (χ0n) is 11.8. The molecular formula is C17H18N2O. The standard InChI is InChI=1S/C17H18N2O/c1-3-18-12-6-5-11-7-16-15(14(11)8-12)9-13(19-4-2)10-17(16)20/h5-10,18-19H,3-4H2,1-2H3. The first kappa shape index (κ1) is 12.7. The summed E-state index contributed by atoms with van der Waals surface area (Å²) < 4.78 is 0. The minimum Gasteiger partial charge on any atom is -0.385 e. The number of fused-ring (bicyclic) bond motifs is 3. The van der Waals surface area contributed by atoms with Gasteiger partial charge in [0.15, 0.2) is 5.78 Å². The van der Waals surface area contributed by atoms with Crippen LogP contribution in [-0.2, 0) is 4.79 Å². The van der Waals surface area contributed by atoms with Crippen molar-refractivity contribution in [3.05, 3.63) is 52.7 Å². The Morgan fingerprint density at radius 3 is 2.50 bits per heavy atom. The van der Waals surface area contributed by atoms with Crippen LogP contribution in [0.3, 0.4) is 0 Å². The van der Waals surface area contributed by atoms with Crippen LogP contribution in [0.25, 0.3) is 11.6 Å². The molecule has 0 aromatic heterocycles. The molecule has 0 radical (unpaired) electrons. The molecule has 20 heavy (non-hydrogen) atoms. The Hall–Kier alpha value is -2.29. The quantitative estimate of drug-likeness (QED) is 0.880. The summed E-state index contributed by atoms with van der Waals surface area (Å²) in [5.74, 6) is 0.0830. The van der Waals surface area contributed by atoms with Gasteiger partial charge in [-0.3, -0.25) is 4.79 Å². The molecule has 0 amide bonds. The van der Waals surface area contributed by atoms with Gasteiger partial charge < -0.3 is 10.6 Å². The number of rotatable bonds is 4. The second-order valence-electron chi connectivity index (χ2n) is 4.94. The lowest BCUT2D eigenvalue weighted by Crippen LogP contribution is -2.16. The highest BCUT2D eigenvalue weighted by Crippen LogP contribution is 2.39. The molecule has 0 bridgehead atoms. The van der Waals surface area contributed by atoms with E-state index in [-0.39, 0.29) is 5.78 Å². The van der Waals surface area contributed by atoms with E-state index in [9.17, 15) is 4.79 Å². The van der Waals surface area contributed by atoms with Crippen LogP contribution in [0.2, 0.25) is 0 Å². The SMILES string of the molecule is CCNC1=CC(=O)C2=Cc3ccc(NCC)cc3C2=C1. The largest absolute Gasteiger partial charge is 0.385 e. The molecule has 2 aliphatic rings. The van der Waals surface area contributed by atoms with Crippen LogP contribution in [0, 0.1) is 0 Å². The van der Waals surface area contributed by atoms with Crippen LogP contribution >= 0.6 is 0 Å². The van der Waals surface area contributed by atoms with Crippen LogP contribution in [0.4, 0.5) is 5.69 Å². The van der Waals surface area contributed by atoms with Crippen LogP contribution in [0.1, 0.15) is 25.0 Å². The van der Waals surface area contributed by atoms with E-state index >= 15 is 0 Å². The third kappa shape index (κ3) is 2.05. The second kappa shape index (κ2) is 5.00. The molecule has 3 heteroatoms. The van der Waals surface area contributed by atoms with E-state index in [0.29, 0.717) is 0 Å². The fourth-order valence-electron chi connectivity index (χ4n) is 2.69. The normalized spacial score (nSPS) is 15.9. The number of allylic oxidation sites excluding steroid dienone is 4. The Balaban J connectivity index is 2.04. The van der Waals surface area contributed by atoms with Gasteiger partial charge in [0.25, 0.3) is 0 Å². The third-order valence-electron chi connectivity index (χ3n) is 3.55. The summed E-state index contributed by atoms with van der Waals surface area (Å²) in [5, 5.41) is 6.53. The van der Waals surface area contributed by atoms with Gasteiger partial charge in [0, 0.05) is 36.1 Å². The Morgan fingerprint density at radius 2 is 1.75 bits per heavy atom. The molecule has 3 rings (SSSR count). The number of hydrogen-bond acceptors (Lipinski definition) is 3. The molecule has 0 aliphatic heterocycles. The van der Waals surface area contributed by atoms with Gasteiger partial charge in [-0.2, -0.15) is 0 Å². The van der Waals surface area contributed by atoms with Crippen molar-refractivity contribution in [2.45, 2.75) is 13.8 Å². The van der Waals surface area contributed by atoms with E-state index in [4.69, 9.17) is 0 Å². The molecule has 102 valence electrons. The molecule has 1 aromatic rings. The number of carbonyl (C=O) groups excluding carboxylic acids is 1. The molecule has 0 saturated carbocycles. The molecule has 0 heterocycles. The predicted octanol–water partition coefficient (Wildman–Crippen LogP) is 2.97. The molecule has 2 aliphatic carbocycles. The number of hydrogen-bond donors (Lipinski definition) is 2. The smallest absolute Gasteiger partial charge is 0.188 e. The zero-order valence-corrected chi connectivity index (χ0v) is 11.8. The van der Waals surface area contributed by atoms with Gasteiger partial charge in [-0.25, -0.2) is 0 Å². The lowest BCUT2D eigenvalue weighted by atomic mass is 9.94. The van der Waals surface area contributed by atoms with Crippen LogP contribution in [-0.4, -0.2) is 18.9 Å². The van der Waals surface area contributed by atoms with Crippen LogP contribution in [0.15, 0.2) is 41.6 Å². The number of likely N-dealkylation sites (N-methyl/N-ethyl adjacent to an activating group) is 1. The van der Waals surface area contributed by atoms with Crippen molar-refractivity contribution >= 4 is 23.1 Å². The van der Waals surface area contributed by atoms with Crippen molar-refractivity contribution < 1.29 is 4.79 Å². The monoisotopic (exact) mass is 266 g/mol. The van der Waals surface area contributed by atoms with E-state index in [1.54, 1.807) is 6.08 Å². The second-order valence-corrected chi connectivity index (χ2v) is 4.94. The maximum absolute atomic E-state index is 12.2. The summed E-state index contributed by atoms with van der Waals surface area (Å²) in [5.41, 5.74) is 6.07. The number of nitrogens with one attached hydrogen (secondary N) is 2. The summed E-state index contributed by atoms with van der Waals surface area (Å²) in [6.07, 6.45) is 5.73. The molecular weight excluding hydrogens is 248 g/mol. The molecule has 0 atom stereocenters. The van der Waals surface area contributed by atoms with Gasteiger partial charge in [-0.1, -0.05) is 6.07 Å². The molecule has 2 N–H and O–H groups in total. The number of anilines is 1. The molecule has 1 aromatic carbocycles.